The van der Waals surface area contributed by atoms with Crippen molar-refractivity contribution >= 4 is 18.3 Å². The lowest BCUT2D eigenvalue weighted by Gasteiger charge is -2.36. The van der Waals surface area contributed by atoms with Crippen LogP contribution in [0.5, 0.6) is 0 Å². The Hall–Kier alpha value is -1.31. The number of rotatable bonds is 5. The Morgan fingerprint density at radius 1 is 1.32 bits per heavy atom. The van der Waals surface area contributed by atoms with E-state index in [1.54, 1.807) is 6.92 Å². The Morgan fingerprint density at radius 3 is 2.52 bits per heavy atom. The van der Waals surface area contributed by atoms with Gasteiger partial charge in [-0.25, -0.2) is 0 Å². The summed E-state index contributed by atoms with van der Waals surface area (Å²) in [6, 6.07) is 5.80. The van der Waals surface area contributed by atoms with Crippen molar-refractivity contribution in [2.24, 2.45) is 0 Å². The number of alkyl halides is 3. The van der Waals surface area contributed by atoms with Crippen molar-refractivity contribution < 1.29 is 18.0 Å². The summed E-state index contributed by atoms with van der Waals surface area (Å²) >= 11 is 0. The van der Waals surface area contributed by atoms with Gasteiger partial charge in [0.1, 0.15) is 6.04 Å². The molecule has 1 aromatic carbocycles. The van der Waals surface area contributed by atoms with E-state index in [-0.39, 0.29) is 18.3 Å². The van der Waals surface area contributed by atoms with E-state index in [2.05, 4.69) is 10.6 Å². The van der Waals surface area contributed by atoms with Crippen molar-refractivity contribution in [2.75, 3.05) is 32.7 Å². The number of amides is 1. The molecular weight excluding hydrogens is 355 g/mol. The van der Waals surface area contributed by atoms with E-state index in [1.165, 1.54) is 4.90 Å². The molecule has 1 aliphatic rings. The fourth-order valence-electron chi connectivity index (χ4n) is 2.89. The molecule has 2 unspecified atom stereocenters. The number of carbonyl (C=O) groups excluding carboxylic acids is 1. The highest BCUT2D eigenvalue weighted by atomic mass is 35.5. The van der Waals surface area contributed by atoms with Crippen molar-refractivity contribution in [2.45, 2.75) is 32.0 Å². The van der Waals surface area contributed by atoms with E-state index < -0.39 is 24.7 Å². The van der Waals surface area contributed by atoms with Crippen LogP contribution in [0.15, 0.2) is 24.3 Å². The minimum Gasteiger partial charge on any atom is -0.354 e. The van der Waals surface area contributed by atoms with Crippen LogP contribution in [-0.4, -0.2) is 55.7 Å². The summed E-state index contributed by atoms with van der Waals surface area (Å²) < 4.78 is 40.0. The van der Waals surface area contributed by atoms with E-state index in [9.17, 15) is 18.0 Å². The molecule has 1 saturated heterocycles. The summed E-state index contributed by atoms with van der Waals surface area (Å²) in [7, 11) is 0. The lowest BCUT2D eigenvalue weighted by atomic mass is 9.98. The molecule has 4 nitrogen and oxygen atoms in total. The first-order chi connectivity index (χ1) is 11.3. The number of aryl methyl sites for hydroxylation is 1. The number of carbonyl (C=O) groups is 1. The maximum Gasteiger partial charge on any atom is 0.405 e. The quantitative estimate of drug-likeness (QED) is 0.826. The van der Waals surface area contributed by atoms with Crippen LogP contribution in [0.25, 0.3) is 0 Å². The monoisotopic (exact) mass is 379 g/mol. The second kappa shape index (κ2) is 9.40. The summed E-state index contributed by atoms with van der Waals surface area (Å²) in [5.41, 5.74) is 1.82. The van der Waals surface area contributed by atoms with Gasteiger partial charge in [-0.05, 0) is 19.4 Å². The van der Waals surface area contributed by atoms with Gasteiger partial charge >= 0.3 is 6.18 Å². The minimum atomic E-state index is -4.36. The molecule has 0 spiro atoms. The first-order valence-electron chi connectivity index (χ1n) is 8.15. The van der Waals surface area contributed by atoms with Gasteiger partial charge in [-0.15, -0.1) is 12.4 Å². The molecule has 0 aromatic heterocycles. The fraction of sp³-hybridized carbons (Fsp3) is 0.588. The van der Waals surface area contributed by atoms with Gasteiger partial charge in [0.2, 0.25) is 5.91 Å². The Morgan fingerprint density at radius 2 is 1.96 bits per heavy atom. The highest BCUT2D eigenvalue weighted by molar-refractivity contribution is 5.85. The maximum absolute atomic E-state index is 13.3. The summed E-state index contributed by atoms with van der Waals surface area (Å²) in [4.78, 5) is 13.6. The molecule has 1 heterocycles. The summed E-state index contributed by atoms with van der Waals surface area (Å²) in [6.07, 6.45) is -4.36. The molecule has 2 rings (SSSR count). The number of nitrogens with one attached hydrogen (secondary N) is 2. The van der Waals surface area contributed by atoms with E-state index in [0.29, 0.717) is 26.2 Å². The maximum atomic E-state index is 13.3. The predicted molar refractivity (Wildman–Crippen MR) is 94.1 cm³/mol. The molecule has 0 saturated carbocycles. The lowest BCUT2D eigenvalue weighted by Crippen LogP contribution is -2.57. The second-order valence-electron chi connectivity index (χ2n) is 6.22. The number of benzene rings is 1. The number of hydrogen-bond acceptors (Lipinski definition) is 3. The van der Waals surface area contributed by atoms with Crippen LogP contribution in [0.3, 0.4) is 0 Å². The van der Waals surface area contributed by atoms with E-state index in [1.807, 2.05) is 31.2 Å². The summed E-state index contributed by atoms with van der Waals surface area (Å²) in [5.74, 6) is -0.869. The zero-order valence-electron chi connectivity index (χ0n) is 14.4. The Kier molecular flexibility index (Phi) is 8.18. The molecule has 2 N–H and O–H groups in total. The molecule has 0 aliphatic carbocycles. The highest BCUT2D eigenvalue weighted by Crippen LogP contribution is 2.25. The number of piperazine rings is 1. The van der Waals surface area contributed by atoms with Gasteiger partial charge < -0.3 is 10.6 Å². The van der Waals surface area contributed by atoms with Crippen LogP contribution in [0.4, 0.5) is 13.2 Å². The fourth-order valence-corrected chi connectivity index (χ4v) is 2.89. The second-order valence-corrected chi connectivity index (χ2v) is 6.22. The zero-order valence-corrected chi connectivity index (χ0v) is 15.2. The van der Waals surface area contributed by atoms with Crippen LogP contribution in [0.2, 0.25) is 0 Å². The largest absolute Gasteiger partial charge is 0.405 e. The van der Waals surface area contributed by atoms with Crippen molar-refractivity contribution in [1.29, 1.82) is 0 Å². The number of hydrogen-bond donors (Lipinski definition) is 2. The summed E-state index contributed by atoms with van der Waals surface area (Å²) in [6.45, 7) is 4.91. The van der Waals surface area contributed by atoms with Gasteiger partial charge in [0.25, 0.3) is 0 Å². The molecule has 1 aromatic rings. The van der Waals surface area contributed by atoms with E-state index in [4.69, 9.17) is 0 Å². The van der Waals surface area contributed by atoms with Crippen molar-refractivity contribution in [1.82, 2.24) is 15.5 Å². The predicted octanol–water partition coefficient (Wildman–Crippen LogP) is 2.47. The first-order valence-corrected chi connectivity index (χ1v) is 8.15. The van der Waals surface area contributed by atoms with Gasteiger partial charge in [-0.3, -0.25) is 9.69 Å². The smallest absolute Gasteiger partial charge is 0.354 e. The molecule has 2 atom stereocenters. The molecule has 1 fully saturated rings. The van der Waals surface area contributed by atoms with Crippen LogP contribution in [-0.2, 0) is 4.79 Å². The van der Waals surface area contributed by atoms with Gasteiger partial charge in [0.05, 0.1) is 5.92 Å². The lowest BCUT2D eigenvalue weighted by molar-refractivity contribution is -0.184. The third kappa shape index (κ3) is 6.17. The van der Waals surface area contributed by atoms with E-state index in [0.717, 1.165) is 11.1 Å². The Balaban J connectivity index is 0.00000312. The molecule has 25 heavy (non-hydrogen) atoms. The van der Waals surface area contributed by atoms with Gasteiger partial charge in [-0.2, -0.15) is 13.2 Å². The van der Waals surface area contributed by atoms with Crippen molar-refractivity contribution in [3.05, 3.63) is 35.4 Å². The van der Waals surface area contributed by atoms with Crippen molar-refractivity contribution in [3.8, 4) is 0 Å². The van der Waals surface area contributed by atoms with Crippen LogP contribution in [0.1, 0.15) is 24.0 Å². The molecule has 0 bridgehead atoms. The minimum absolute atomic E-state index is 0. The summed E-state index contributed by atoms with van der Waals surface area (Å²) in [5, 5.41) is 5.52. The molecule has 1 amide bonds. The standard InChI is InChI=1S/C17H24F3N3O.ClH/c1-12-4-3-5-14(10-12)13(2)16(24)22-11-15(17(18,19)20)23-8-6-21-7-9-23;/h3-5,10,13,15,21H,6-9,11H2,1-2H3,(H,22,24);1H. The average molecular weight is 380 g/mol. The molecule has 1 aliphatic heterocycles. The Bertz CT molecular complexity index is 562. The SMILES string of the molecule is Cc1cccc(C(C)C(=O)NCC(N2CCNCC2)C(F)(F)F)c1.Cl. The normalized spacial score (nSPS) is 18.1. The zero-order chi connectivity index (χ0) is 17.7. The highest BCUT2D eigenvalue weighted by Gasteiger charge is 2.43. The van der Waals surface area contributed by atoms with Crippen LogP contribution in [0, 0.1) is 6.92 Å². The first kappa shape index (κ1) is 21.7. The van der Waals surface area contributed by atoms with Crippen LogP contribution >= 0.6 is 12.4 Å². The number of nitrogens with zero attached hydrogens (tertiary/aromatic N) is 1. The topological polar surface area (TPSA) is 44.4 Å². The molecule has 8 heteroatoms. The van der Waals surface area contributed by atoms with Gasteiger partial charge in [-0.1, -0.05) is 29.8 Å². The molecule has 142 valence electrons. The molecular formula is C17H25ClF3N3O. The molecule has 0 radical (unpaired) electrons. The number of halogens is 4. The third-order valence-corrected chi connectivity index (χ3v) is 4.38. The van der Waals surface area contributed by atoms with E-state index >= 15 is 0 Å². The average Bonchev–Trinajstić information content (AvgIpc) is 2.54. The Labute approximate surface area is 152 Å². The van der Waals surface area contributed by atoms with Crippen molar-refractivity contribution in [3.63, 3.8) is 0 Å². The van der Waals surface area contributed by atoms with Crippen LogP contribution < -0.4 is 10.6 Å². The third-order valence-electron chi connectivity index (χ3n) is 4.38. The van der Waals surface area contributed by atoms with Gasteiger partial charge in [0.15, 0.2) is 0 Å². The van der Waals surface area contributed by atoms with Gasteiger partial charge in [0, 0.05) is 32.7 Å².